The lowest BCUT2D eigenvalue weighted by Crippen LogP contribution is -2.60. The van der Waals surface area contributed by atoms with Crippen LogP contribution in [0.1, 0.15) is 46.0 Å². The predicted octanol–water partition coefficient (Wildman–Crippen LogP) is 1.59. The van der Waals surface area contributed by atoms with Crippen molar-refractivity contribution in [3.05, 3.63) is 23.8 Å². The van der Waals surface area contributed by atoms with Crippen molar-refractivity contribution in [2.45, 2.75) is 58.1 Å². The summed E-state index contributed by atoms with van der Waals surface area (Å²) in [7, 11) is 0. The molecular formula is C23H31NO8S. The number of hydrogen-bond donors (Lipinski definition) is 1. The van der Waals surface area contributed by atoms with Gasteiger partial charge in [0.05, 0.1) is 18.3 Å². The number of esters is 1. The molecule has 2 saturated heterocycles. The summed E-state index contributed by atoms with van der Waals surface area (Å²) in [5, 5.41) is 9.17. The molecule has 0 bridgehead atoms. The summed E-state index contributed by atoms with van der Waals surface area (Å²) in [6.45, 7) is 8.15. The molecule has 0 aromatic rings. The minimum absolute atomic E-state index is 0.0706. The van der Waals surface area contributed by atoms with Crippen molar-refractivity contribution in [3.63, 3.8) is 0 Å². The van der Waals surface area contributed by atoms with Gasteiger partial charge in [0.25, 0.3) is 5.91 Å². The van der Waals surface area contributed by atoms with Gasteiger partial charge < -0.3 is 9.84 Å². The average molecular weight is 482 g/mol. The van der Waals surface area contributed by atoms with Crippen molar-refractivity contribution in [3.8, 4) is 0 Å². The third-order valence-corrected chi connectivity index (χ3v) is 9.09. The molecule has 4 aliphatic rings. The van der Waals surface area contributed by atoms with E-state index in [1.54, 1.807) is 6.08 Å². The fraction of sp³-hybridized carbons (Fsp3) is 0.696. The SMILES string of the molecule is C=C1CC[C@@H]2[C@]3(C)COS(=O)O[C@@H]3CC[C@@]2(C)[C@@H]1C/C=C1/C(=O)OCC1N(C=O)C(=O)CO. The highest BCUT2D eigenvalue weighted by atomic mass is 32.2. The van der Waals surface area contributed by atoms with E-state index in [0.29, 0.717) is 19.4 Å². The van der Waals surface area contributed by atoms with E-state index in [4.69, 9.17) is 18.2 Å². The van der Waals surface area contributed by atoms with Crippen LogP contribution in [0.5, 0.6) is 0 Å². The van der Waals surface area contributed by atoms with E-state index in [2.05, 4.69) is 20.4 Å². The lowest BCUT2D eigenvalue weighted by Gasteiger charge is -2.61. The van der Waals surface area contributed by atoms with Crippen LogP contribution in [0.4, 0.5) is 0 Å². The number of aliphatic hydroxyl groups is 1. The lowest BCUT2D eigenvalue weighted by atomic mass is 9.46. The van der Waals surface area contributed by atoms with Crippen molar-refractivity contribution in [1.82, 2.24) is 4.90 Å². The molecule has 0 aromatic heterocycles. The molecule has 2 saturated carbocycles. The van der Waals surface area contributed by atoms with Gasteiger partial charge in [-0.15, -0.1) is 0 Å². The highest BCUT2D eigenvalue weighted by Gasteiger charge is 2.60. The van der Waals surface area contributed by atoms with Gasteiger partial charge in [0.1, 0.15) is 19.3 Å². The second kappa shape index (κ2) is 9.05. The first-order valence-corrected chi connectivity index (χ1v) is 12.3. The van der Waals surface area contributed by atoms with Crippen molar-refractivity contribution in [2.24, 2.45) is 22.7 Å². The van der Waals surface area contributed by atoms with Crippen LogP contribution < -0.4 is 0 Å². The van der Waals surface area contributed by atoms with Gasteiger partial charge in [0.15, 0.2) is 0 Å². The fourth-order valence-electron chi connectivity index (χ4n) is 6.60. The Kier molecular flexibility index (Phi) is 6.65. The van der Waals surface area contributed by atoms with Crippen LogP contribution in [0, 0.1) is 22.7 Å². The van der Waals surface area contributed by atoms with Crippen LogP contribution in [-0.2, 0) is 38.8 Å². The normalized spacial score (nSPS) is 41.8. The number of imide groups is 1. The zero-order valence-corrected chi connectivity index (χ0v) is 19.8. The van der Waals surface area contributed by atoms with E-state index in [9.17, 15) is 18.6 Å². The summed E-state index contributed by atoms with van der Waals surface area (Å²) in [6.07, 6.45) is 5.86. The fourth-order valence-corrected chi connectivity index (χ4v) is 7.51. The van der Waals surface area contributed by atoms with Gasteiger partial charge in [-0.25, -0.2) is 4.79 Å². The minimum atomic E-state index is -1.71. The second-order valence-electron chi connectivity index (χ2n) is 9.98. The monoisotopic (exact) mass is 481 g/mol. The summed E-state index contributed by atoms with van der Waals surface area (Å²) in [5.74, 6) is -1.02. The Morgan fingerprint density at radius 2 is 2.09 bits per heavy atom. The highest BCUT2D eigenvalue weighted by Crippen LogP contribution is 2.63. The number of cyclic esters (lactones) is 1. The maximum absolute atomic E-state index is 12.4. The predicted molar refractivity (Wildman–Crippen MR) is 117 cm³/mol. The molecule has 1 N–H and O–H groups in total. The smallest absolute Gasteiger partial charge is 0.336 e. The molecule has 0 aromatic carbocycles. The molecule has 0 radical (unpaired) electrons. The highest BCUT2D eigenvalue weighted by molar-refractivity contribution is 7.75. The van der Waals surface area contributed by atoms with Crippen LogP contribution >= 0.6 is 0 Å². The molecule has 182 valence electrons. The molecule has 33 heavy (non-hydrogen) atoms. The minimum Gasteiger partial charge on any atom is -0.460 e. The Balaban J connectivity index is 1.61. The van der Waals surface area contributed by atoms with E-state index in [1.807, 2.05) is 0 Å². The first-order valence-electron chi connectivity index (χ1n) is 11.3. The molecule has 9 nitrogen and oxygen atoms in total. The summed E-state index contributed by atoms with van der Waals surface area (Å²) in [6, 6.07) is -0.849. The molecule has 4 rings (SSSR count). The molecule has 2 unspecified atom stereocenters. The molecule has 7 atom stereocenters. The first kappa shape index (κ1) is 24.3. The number of fused-ring (bicyclic) bond motifs is 3. The van der Waals surface area contributed by atoms with Crippen LogP contribution in [0.2, 0.25) is 0 Å². The van der Waals surface area contributed by atoms with Crippen LogP contribution in [0.3, 0.4) is 0 Å². The van der Waals surface area contributed by atoms with E-state index in [0.717, 1.165) is 36.2 Å². The molecule has 10 heteroatoms. The molecule has 2 aliphatic carbocycles. The Labute approximate surface area is 196 Å². The van der Waals surface area contributed by atoms with Gasteiger partial charge in [-0.2, -0.15) is 4.21 Å². The third kappa shape index (κ3) is 4.00. The maximum atomic E-state index is 12.4. The van der Waals surface area contributed by atoms with Gasteiger partial charge in [0, 0.05) is 5.41 Å². The number of nitrogens with zero attached hydrogens (tertiary/aromatic N) is 1. The largest absolute Gasteiger partial charge is 0.460 e. The number of ether oxygens (including phenoxy) is 1. The van der Waals surface area contributed by atoms with Crippen LogP contribution in [0.15, 0.2) is 23.8 Å². The summed E-state index contributed by atoms with van der Waals surface area (Å²) in [5.41, 5.74) is 0.952. The second-order valence-corrected chi connectivity index (χ2v) is 10.8. The Morgan fingerprint density at radius 3 is 2.79 bits per heavy atom. The molecule has 2 amide bonds. The summed E-state index contributed by atoms with van der Waals surface area (Å²) < 4.78 is 28.0. The number of carbonyl (C=O) groups is 3. The number of amides is 2. The van der Waals surface area contributed by atoms with E-state index < -0.39 is 35.9 Å². The number of rotatable bonds is 5. The van der Waals surface area contributed by atoms with Gasteiger partial charge >= 0.3 is 17.3 Å². The van der Waals surface area contributed by atoms with Crippen molar-refractivity contribution < 1.29 is 36.8 Å². The van der Waals surface area contributed by atoms with E-state index in [-0.39, 0.29) is 40.9 Å². The van der Waals surface area contributed by atoms with Gasteiger partial charge in [-0.05, 0) is 49.4 Å². The van der Waals surface area contributed by atoms with Crippen LogP contribution in [-0.4, -0.2) is 64.5 Å². The van der Waals surface area contributed by atoms with Gasteiger partial charge in [-0.3, -0.25) is 22.9 Å². The molecular weight excluding hydrogens is 450 g/mol. The summed E-state index contributed by atoms with van der Waals surface area (Å²) in [4.78, 5) is 36.7. The van der Waals surface area contributed by atoms with Crippen molar-refractivity contribution >= 4 is 29.6 Å². The number of carbonyl (C=O) groups excluding carboxylic acids is 3. The molecule has 2 aliphatic heterocycles. The first-order chi connectivity index (χ1) is 15.7. The average Bonchev–Trinajstić information content (AvgIpc) is 3.14. The number of aliphatic hydroxyl groups excluding tert-OH is 1. The molecule has 2 heterocycles. The lowest BCUT2D eigenvalue weighted by molar-refractivity contribution is -0.154. The van der Waals surface area contributed by atoms with E-state index in [1.165, 1.54) is 0 Å². The third-order valence-electron chi connectivity index (χ3n) is 8.39. The number of allylic oxidation sites excluding steroid dienone is 2. The Bertz CT molecular complexity index is 918. The van der Waals surface area contributed by atoms with Gasteiger partial charge in [-0.1, -0.05) is 32.1 Å². The topological polar surface area (TPSA) is 119 Å². The Hall–Kier alpha value is -1.88. The number of hydrogen-bond acceptors (Lipinski definition) is 8. The van der Waals surface area contributed by atoms with E-state index >= 15 is 0 Å². The molecule has 4 fully saturated rings. The summed E-state index contributed by atoms with van der Waals surface area (Å²) >= 11 is -1.71. The zero-order chi connectivity index (χ0) is 24.0. The maximum Gasteiger partial charge on any atom is 0.336 e. The quantitative estimate of drug-likeness (QED) is 0.272. The van der Waals surface area contributed by atoms with Gasteiger partial charge in [0.2, 0.25) is 6.41 Å². The zero-order valence-electron chi connectivity index (χ0n) is 19.0. The van der Waals surface area contributed by atoms with Crippen LogP contribution in [0.25, 0.3) is 0 Å². The van der Waals surface area contributed by atoms with Crippen molar-refractivity contribution in [1.29, 1.82) is 0 Å². The standard InChI is InChI=1S/C23H31NO8S/c1-14-4-7-18-22(2,9-8-19-23(18,3)12-31-33(29)32-19)16(14)6-5-15-17(11-30-21(15)28)24(13-26)20(27)10-25/h5,13,16-19,25H,1,4,6-12H2,2-3H3/b15-5+/t16-,17?,18+,19-,22+,23+,33?/m1/s1. The van der Waals surface area contributed by atoms with Crippen molar-refractivity contribution in [2.75, 3.05) is 19.8 Å². The molecule has 0 spiro atoms. The Morgan fingerprint density at radius 1 is 1.33 bits per heavy atom.